The summed E-state index contributed by atoms with van der Waals surface area (Å²) in [6.07, 6.45) is 5.60. The molecule has 0 N–H and O–H groups in total. The molecule has 0 atom stereocenters. The lowest BCUT2D eigenvalue weighted by Crippen LogP contribution is -1.84. The van der Waals surface area contributed by atoms with Gasteiger partial charge in [0, 0.05) is 0 Å². The molecule has 13 heavy (non-hydrogen) atoms. The van der Waals surface area contributed by atoms with Crippen molar-refractivity contribution in [3.05, 3.63) is 40.2 Å². The molecule has 1 aromatic rings. The van der Waals surface area contributed by atoms with Crippen LogP contribution in [0.3, 0.4) is 0 Å². The predicted molar refractivity (Wildman–Crippen MR) is 59.4 cm³/mol. The van der Waals surface area contributed by atoms with Gasteiger partial charge in [0.15, 0.2) is 0 Å². The molecule has 0 unspecified atom stereocenters. The van der Waals surface area contributed by atoms with Gasteiger partial charge in [0.05, 0.1) is 10.0 Å². The smallest absolute Gasteiger partial charge is 0.0627 e. The van der Waals surface area contributed by atoms with E-state index in [1.807, 2.05) is 12.1 Å². The van der Waals surface area contributed by atoms with Gasteiger partial charge >= 0.3 is 0 Å². The fourth-order valence-electron chi connectivity index (χ4n) is 1.14. The van der Waals surface area contributed by atoms with Crippen molar-refractivity contribution in [2.45, 2.75) is 26.2 Å². The zero-order chi connectivity index (χ0) is 9.68. The molecule has 0 spiro atoms. The van der Waals surface area contributed by atoms with Gasteiger partial charge in [0.25, 0.3) is 0 Å². The molecule has 2 heteroatoms. The fraction of sp³-hybridized carbons (Fsp3) is 0.364. The number of hydrogen-bond acceptors (Lipinski definition) is 0. The van der Waals surface area contributed by atoms with Crippen LogP contribution in [0.5, 0.6) is 0 Å². The van der Waals surface area contributed by atoms with E-state index in [-0.39, 0.29) is 0 Å². The van der Waals surface area contributed by atoms with E-state index >= 15 is 0 Å². The molecule has 0 saturated carbocycles. The summed E-state index contributed by atoms with van der Waals surface area (Å²) in [5.41, 5.74) is 1.04. The molecule has 1 rings (SSSR count). The maximum absolute atomic E-state index is 6.01. The number of hydrogen-bond donors (Lipinski definition) is 0. The Kier molecular flexibility index (Phi) is 4.61. The van der Waals surface area contributed by atoms with Crippen molar-refractivity contribution >= 4 is 23.2 Å². The molecule has 0 heterocycles. The van der Waals surface area contributed by atoms with Gasteiger partial charge in [0.1, 0.15) is 0 Å². The third kappa shape index (κ3) is 3.21. The molecule has 0 aromatic heterocycles. The topological polar surface area (TPSA) is 0 Å². The predicted octanol–water partition coefficient (Wildman–Crippen LogP) is 4.74. The summed E-state index contributed by atoms with van der Waals surface area (Å²) in [5.74, 6) is 0. The van der Waals surface area contributed by atoms with Crippen molar-refractivity contribution in [2.75, 3.05) is 0 Å². The molecule has 1 aromatic carbocycles. The molecular weight excluding hydrogens is 203 g/mol. The van der Waals surface area contributed by atoms with E-state index in [1.165, 1.54) is 12.8 Å². The second-order valence-electron chi connectivity index (χ2n) is 2.99. The number of rotatable bonds is 4. The van der Waals surface area contributed by atoms with E-state index in [1.54, 1.807) is 6.07 Å². The van der Waals surface area contributed by atoms with E-state index in [2.05, 4.69) is 13.3 Å². The normalized spacial score (nSPS) is 10.4. The number of benzene rings is 1. The van der Waals surface area contributed by atoms with Gasteiger partial charge in [-0.2, -0.15) is 0 Å². The molecular formula is C11H13Cl2. The summed E-state index contributed by atoms with van der Waals surface area (Å²) in [7, 11) is 0. The maximum Gasteiger partial charge on any atom is 0.0627 e. The monoisotopic (exact) mass is 215 g/mol. The van der Waals surface area contributed by atoms with Gasteiger partial charge in [0.2, 0.25) is 0 Å². The van der Waals surface area contributed by atoms with Crippen molar-refractivity contribution in [2.24, 2.45) is 0 Å². The quantitative estimate of drug-likeness (QED) is 0.638. The van der Waals surface area contributed by atoms with Gasteiger partial charge in [-0.25, -0.2) is 0 Å². The van der Waals surface area contributed by atoms with Crippen LogP contribution in [0.1, 0.15) is 31.7 Å². The van der Waals surface area contributed by atoms with Crippen LogP contribution in [0, 0.1) is 6.42 Å². The minimum absolute atomic E-state index is 0.631. The van der Waals surface area contributed by atoms with E-state index in [4.69, 9.17) is 23.2 Å². The Hall–Kier alpha value is -0.200. The lowest BCUT2D eigenvalue weighted by atomic mass is 10.1. The lowest BCUT2D eigenvalue weighted by molar-refractivity contribution is 0.791. The van der Waals surface area contributed by atoms with E-state index < -0.39 is 0 Å². The molecule has 0 bridgehead atoms. The van der Waals surface area contributed by atoms with Gasteiger partial charge < -0.3 is 0 Å². The van der Waals surface area contributed by atoms with Crippen LogP contribution in [0.25, 0.3) is 0 Å². The summed E-state index contributed by atoms with van der Waals surface area (Å²) in [6.45, 7) is 2.17. The molecule has 0 fully saturated rings. The summed E-state index contributed by atoms with van der Waals surface area (Å²) >= 11 is 11.9. The van der Waals surface area contributed by atoms with Crippen LogP contribution in [-0.2, 0) is 0 Å². The molecule has 0 aliphatic heterocycles. The summed E-state index contributed by atoms with van der Waals surface area (Å²) in [5, 5.41) is 1.30. The van der Waals surface area contributed by atoms with Crippen LogP contribution >= 0.6 is 23.2 Å². The van der Waals surface area contributed by atoms with E-state index in [9.17, 15) is 0 Å². The second-order valence-corrected chi connectivity index (χ2v) is 3.77. The van der Waals surface area contributed by atoms with Crippen molar-refractivity contribution in [1.82, 2.24) is 0 Å². The third-order valence-electron chi connectivity index (χ3n) is 1.90. The fourth-order valence-corrected chi connectivity index (χ4v) is 1.52. The number of halogens is 2. The largest absolute Gasteiger partial charge is 0.0827 e. The first-order valence-corrected chi connectivity index (χ1v) is 5.28. The Balaban J connectivity index is 2.61. The van der Waals surface area contributed by atoms with Gasteiger partial charge in [-0.3, -0.25) is 0 Å². The highest BCUT2D eigenvalue weighted by molar-refractivity contribution is 6.42. The third-order valence-corrected chi connectivity index (χ3v) is 2.74. The van der Waals surface area contributed by atoms with Crippen LogP contribution < -0.4 is 0 Å². The van der Waals surface area contributed by atoms with Crippen molar-refractivity contribution < 1.29 is 0 Å². The summed E-state index contributed by atoms with van der Waals surface area (Å²) in [6, 6.07) is 5.72. The van der Waals surface area contributed by atoms with Crippen LogP contribution in [0.2, 0.25) is 10.0 Å². The van der Waals surface area contributed by atoms with Crippen LogP contribution in [0.4, 0.5) is 0 Å². The lowest BCUT2D eigenvalue weighted by Gasteiger charge is -2.04. The first-order valence-electron chi connectivity index (χ1n) is 4.53. The SMILES string of the molecule is CCCC[CH]c1cccc(Cl)c1Cl. The number of unbranched alkanes of at least 4 members (excludes halogenated alkanes) is 2. The Morgan fingerprint density at radius 2 is 2.08 bits per heavy atom. The van der Waals surface area contributed by atoms with Gasteiger partial charge in [-0.05, 0) is 24.5 Å². The molecule has 0 aliphatic rings. The van der Waals surface area contributed by atoms with Gasteiger partial charge in [-0.15, -0.1) is 0 Å². The average molecular weight is 216 g/mol. The highest BCUT2D eigenvalue weighted by atomic mass is 35.5. The Morgan fingerprint density at radius 1 is 1.31 bits per heavy atom. The zero-order valence-corrected chi connectivity index (χ0v) is 9.20. The molecule has 71 valence electrons. The van der Waals surface area contributed by atoms with Gasteiger partial charge in [-0.1, -0.05) is 55.1 Å². The Labute approximate surface area is 89.9 Å². The molecule has 0 nitrogen and oxygen atoms in total. The van der Waals surface area contributed by atoms with Crippen molar-refractivity contribution in [1.29, 1.82) is 0 Å². The highest BCUT2D eigenvalue weighted by Crippen LogP contribution is 2.27. The maximum atomic E-state index is 6.01. The molecule has 0 aliphatic carbocycles. The van der Waals surface area contributed by atoms with Crippen molar-refractivity contribution in [3.63, 3.8) is 0 Å². The zero-order valence-electron chi connectivity index (χ0n) is 7.69. The molecule has 0 saturated heterocycles. The average Bonchev–Trinajstić information content (AvgIpc) is 2.13. The first kappa shape index (κ1) is 10.9. The minimum atomic E-state index is 0.631. The minimum Gasteiger partial charge on any atom is -0.0827 e. The summed E-state index contributed by atoms with van der Waals surface area (Å²) < 4.78 is 0. The van der Waals surface area contributed by atoms with Crippen LogP contribution in [0.15, 0.2) is 18.2 Å². The Bertz CT molecular complexity index is 269. The van der Waals surface area contributed by atoms with E-state index in [0.29, 0.717) is 10.0 Å². The first-order chi connectivity index (χ1) is 6.25. The van der Waals surface area contributed by atoms with Crippen LogP contribution in [-0.4, -0.2) is 0 Å². The second kappa shape index (κ2) is 5.51. The molecule has 0 amide bonds. The standard InChI is InChI=1S/C11H13Cl2/c1-2-3-4-6-9-7-5-8-10(12)11(9)13/h5-8H,2-4H2,1H3. The van der Waals surface area contributed by atoms with E-state index in [0.717, 1.165) is 12.0 Å². The van der Waals surface area contributed by atoms with Crippen molar-refractivity contribution in [3.8, 4) is 0 Å². The summed E-state index contributed by atoms with van der Waals surface area (Å²) in [4.78, 5) is 0. The highest BCUT2D eigenvalue weighted by Gasteiger charge is 2.03. The molecule has 1 radical (unpaired) electrons. The Morgan fingerprint density at radius 3 is 2.77 bits per heavy atom.